The largest absolute Gasteiger partial charge is 0.235 e. The molecule has 1 fully saturated rings. The first-order valence-corrected chi connectivity index (χ1v) is 5.49. The zero-order chi connectivity index (χ0) is 10.5. The second-order valence-electron chi connectivity index (χ2n) is 4.24. The number of isocyanates is 1. The van der Waals surface area contributed by atoms with Gasteiger partial charge in [-0.25, -0.2) is 9.79 Å². The van der Waals surface area contributed by atoms with Crippen molar-refractivity contribution in [3.05, 3.63) is 35.9 Å². The van der Waals surface area contributed by atoms with Crippen LogP contribution in [0, 0.1) is 5.92 Å². The maximum Gasteiger partial charge on any atom is 0.235 e. The molecule has 0 aromatic heterocycles. The minimum Gasteiger partial charge on any atom is -0.211 e. The number of nitrogens with zero attached hydrogens (tertiary/aromatic N) is 1. The molecule has 0 radical (unpaired) electrons. The van der Waals surface area contributed by atoms with Crippen LogP contribution in [0.2, 0.25) is 0 Å². The van der Waals surface area contributed by atoms with E-state index in [1.165, 1.54) is 18.4 Å². The van der Waals surface area contributed by atoms with Gasteiger partial charge in [0.15, 0.2) is 0 Å². The number of hydrogen-bond donors (Lipinski definition) is 0. The molecule has 0 bridgehead atoms. The zero-order valence-electron chi connectivity index (χ0n) is 8.73. The lowest BCUT2D eigenvalue weighted by Gasteiger charge is -2.09. The van der Waals surface area contributed by atoms with Gasteiger partial charge in [0.25, 0.3) is 0 Å². The average Bonchev–Trinajstić information content (AvgIpc) is 3.03. The van der Waals surface area contributed by atoms with E-state index >= 15 is 0 Å². The van der Waals surface area contributed by atoms with Gasteiger partial charge in [-0.05, 0) is 24.3 Å². The van der Waals surface area contributed by atoms with E-state index in [2.05, 4.69) is 17.1 Å². The van der Waals surface area contributed by atoms with E-state index in [0.29, 0.717) is 0 Å². The third-order valence-electron chi connectivity index (χ3n) is 2.85. The van der Waals surface area contributed by atoms with Crippen LogP contribution in [0.25, 0.3) is 0 Å². The third kappa shape index (κ3) is 3.34. The van der Waals surface area contributed by atoms with Gasteiger partial charge < -0.3 is 0 Å². The molecule has 2 rings (SSSR count). The second kappa shape index (κ2) is 4.90. The normalized spacial score (nSPS) is 16.8. The van der Waals surface area contributed by atoms with E-state index in [1.54, 1.807) is 6.08 Å². The lowest BCUT2D eigenvalue weighted by molar-refractivity contribution is 0.536. The van der Waals surface area contributed by atoms with E-state index in [4.69, 9.17) is 0 Å². The minimum absolute atomic E-state index is 0.136. The highest BCUT2D eigenvalue weighted by Crippen LogP contribution is 2.34. The predicted molar refractivity (Wildman–Crippen MR) is 59.4 cm³/mol. The fourth-order valence-corrected chi connectivity index (χ4v) is 1.88. The van der Waals surface area contributed by atoms with Crippen molar-refractivity contribution in [3.63, 3.8) is 0 Å². The Morgan fingerprint density at radius 2 is 2.07 bits per heavy atom. The molecule has 0 aliphatic heterocycles. The molecule has 1 saturated carbocycles. The third-order valence-corrected chi connectivity index (χ3v) is 2.85. The van der Waals surface area contributed by atoms with Crippen molar-refractivity contribution in [1.29, 1.82) is 0 Å². The lowest BCUT2D eigenvalue weighted by Crippen LogP contribution is -2.09. The van der Waals surface area contributed by atoms with Gasteiger partial charge in [-0.15, -0.1) is 0 Å². The van der Waals surface area contributed by atoms with Crippen molar-refractivity contribution in [2.45, 2.75) is 31.7 Å². The molecular weight excluding hydrogens is 186 g/mol. The summed E-state index contributed by atoms with van der Waals surface area (Å²) in [6, 6.07) is 10.3. The monoisotopic (exact) mass is 201 g/mol. The Labute approximate surface area is 90.0 Å². The molecule has 0 N–H and O–H groups in total. The quantitative estimate of drug-likeness (QED) is 0.532. The summed E-state index contributed by atoms with van der Waals surface area (Å²) >= 11 is 0. The van der Waals surface area contributed by atoms with E-state index in [1.807, 2.05) is 18.2 Å². The lowest BCUT2D eigenvalue weighted by atomic mass is 10.0. The summed E-state index contributed by atoms with van der Waals surface area (Å²) in [6.45, 7) is 0. The van der Waals surface area contributed by atoms with Crippen LogP contribution in [0.3, 0.4) is 0 Å². The Morgan fingerprint density at radius 3 is 2.67 bits per heavy atom. The van der Waals surface area contributed by atoms with E-state index in [-0.39, 0.29) is 6.04 Å². The number of benzene rings is 1. The number of aliphatic imine (C=N–C) groups is 1. The van der Waals surface area contributed by atoms with Crippen LogP contribution >= 0.6 is 0 Å². The van der Waals surface area contributed by atoms with Gasteiger partial charge in [-0.1, -0.05) is 43.2 Å². The summed E-state index contributed by atoms with van der Waals surface area (Å²) in [6.07, 6.45) is 6.22. The molecule has 0 saturated heterocycles. The van der Waals surface area contributed by atoms with Gasteiger partial charge in [0.2, 0.25) is 6.08 Å². The highest BCUT2D eigenvalue weighted by atomic mass is 16.1. The Bertz CT molecular complexity index is 350. The molecule has 15 heavy (non-hydrogen) atoms. The summed E-state index contributed by atoms with van der Waals surface area (Å²) in [5, 5.41) is 0. The summed E-state index contributed by atoms with van der Waals surface area (Å²) in [5.41, 5.74) is 1.25. The topological polar surface area (TPSA) is 29.4 Å². The van der Waals surface area contributed by atoms with Gasteiger partial charge >= 0.3 is 0 Å². The first kappa shape index (κ1) is 10.1. The summed E-state index contributed by atoms with van der Waals surface area (Å²) in [4.78, 5) is 14.2. The van der Waals surface area contributed by atoms with E-state index in [0.717, 1.165) is 18.8 Å². The van der Waals surface area contributed by atoms with Gasteiger partial charge in [-0.2, -0.15) is 0 Å². The molecule has 1 aromatic rings. The summed E-state index contributed by atoms with van der Waals surface area (Å²) in [7, 11) is 0. The number of carbonyl (C=O) groups excluding carboxylic acids is 1. The molecule has 1 aliphatic carbocycles. The van der Waals surface area contributed by atoms with Crippen LogP contribution in [-0.4, -0.2) is 12.1 Å². The van der Waals surface area contributed by atoms with Crippen molar-refractivity contribution in [2.75, 3.05) is 0 Å². The van der Waals surface area contributed by atoms with Crippen molar-refractivity contribution in [3.8, 4) is 0 Å². The summed E-state index contributed by atoms with van der Waals surface area (Å²) < 4.78 is 0. The molecular formula is C13H15NO. The maximum absolute atomic E-state index is 10.3. The maximum atomic E-state index is 10.3. The van der Waals surface area contributed by atoms with Crippen LogP contribution in [0.4, 0.5) is 0 Å². The molecule has 1 atom stereocenters. The molecule has 1 aliphatic rings. The minimum atomic E-state index is 0.136. The van der Waals surface area contributed by atoms with Gasteiger partial charge in [0, 0.05) is 0 Å². The fraction of sp³-hybridized carbons (Fsp3) is 0.462. The standard InChI is InChI=1S/C13H15NO/c15-10-14-13(9-12-6-7-12)8-11-4-2-1-3-5-11/h1-5,12-13H,6-9H2/t13-/m1/s1. The van der Waals surface area contributed by atoms with Crippen molar-refractivity contribution in [2.24, 2.45) is 10.9 Å². The first-order valence-electron chi connectivity index (χ1n) is 5.49. The SMILES string of the molecule is O=C=N[C@H](Cc1ccccc1)CC1CC1. The first-order chi connectivity index (χ1) is 7.38. The molecule has 1 aromatic carbocycles. The Morgan fingerprint density at radius 1 is 1.33 bits per heavy atom. The molecule has 0 unspecified atom stereocenters. The smallest absolute Gasteiger partial charge is 0.211 e. The van der Waals surface area contributed by atoms with Gasteiger partial charge in [-0.3, -0.25) is 0 Å². The van der Waals surface area contributed by atoms with Crippen molar-refractivity contribution in [1.82, 2.24) is 0 Å². The van der Waals surface area contributed by atoms with Crippen LogP contribution in [-0.2, 0) is 11.2 Å². The highest BCUT2D eigenvalue weighted by molar-refractivity contribution is 5.34. The molecule has 0 amide bonds. The summed E-state index contributed by atoms with van der Waals surface area (Å²) in [5.74, 6) is 0.802. The van der Waals surface area contributed by atoms with Crippen LogP contribution in [0.15, 0.2) is 35.3 Å². The Kier molecular flexibility index (Phi) is 3.31. The van der Waals surface area contributed by atoms with E-state index < -0.39 is 0 Å². The van der Waals surface area contributed by atoms with Crippen LogP contribution < -0.4 is 0 Å². The Hall–Kier alpha value is -1.40. The fourth-order valence-electron chi connectivity index (χ4n) is 1.88. The highest BCUT2D eigenvalue weighted by Gasteiger charge is 2.25. The zero-order valence-corrected chi connectivity index (χ0v) is 8.73. The molecule has 78 valence electrons. The van der Waals surface area contributed by atoms with E-state index in [9.17, 15) is 4.79 Å². The van der Waals surface area contributed by atoms with Crippen molar-refractivity contribution >= 4 is 6.08 Å². The predicted octanol–water partition coefficient (Wildman–Crippen LogP) is 2.73. The van der Waals surface area contributed by atoms with Crippen LogP contribution in [0.5, 0.6) is 0 Å². The second-order valence-corrected chi connectivity index (χ2v) is 4.24. The molecule has 2 nitrogen and oxygen atoms in total. The van der Waals surface area contributed by atoms with Crippen molar-refractivity contribution < 1.29 is 4.79 Å². The van der Waals surface area contributed by atoms with Gasteiger partial charge in [0.05, 0.1) is 6.04 Å². The molecule has 0 heterocycles. The molecule has 2 heteroatoms. The van der Waals surface area contributed by atoms with Gasteiger partial charge in [0.1, 0.15) is 0 Å². The van der Waals surface area contributed by atoms with Crippen LogP contribution in [0.1, 0.15) is 24.8 Å². The number of rotatable bonds is 5. The Balaban J connectivity index is 1.96. The number of hydrogen-bond acceptors (Lipinski definition) is 2. The molecule has 0 spiro atoms. The average molecular weight is 201 g/mol.